The van der Waals surface area contributed by atoms with Gasteiger partial charge in [0.05, 0.1) is 6.16 Å². The molecular formula is C19H30NO13P. The number of amides is 1. The number of carbonyl (C=O) groups excluding carboxylic acids is 5. The van der Waals surface area contributed by atoms with Gasteiger partial charge in [-0.25, -0.2) is 0 Å². The minimum absolute atomic E-state index is 0.279. The highest BCUT2D eigenvalue weighted by Crippen LogP contribution is 2.46. The lowest BCUT2D eigenvalue weighted by Gasteiger charge is -2.44. The quantitative estimate of drug-likeness (QED) is 0.224. The molecule has 0 spiro atoms. The zero-order valence-corrected chi connectivity index (χ0v) is 20.7. The molecule has 1 saturated heterocycles. The Morgan fingerprint density at radius 3 is 1.82 bits per heavy atom. The van der Waals surface area contributed by atoms with Crippen LogP contribution in [0.1, 0.15) is 34.1 Å². The van der Waals surface area contributed by atoms with Gasteiger partial charge in [0.25, 0.3) is 0 Å². The van der Waals surface area contributed by atoms with E-state index in [1.807, 2.05) is 0 Å². The Morgan fingerprint density at radius 2 is 1.35 bits per heavy atom. The number of nitrogens with one attached hydrogen (secondary N) is 1. The zero-order valence-electron chi connectivity index (χ0n) is 19.8. The fourth-order valence-electron chi connectivity index (χ4n) is 3.07. The molecule has 14 nitrogen and oxygen atoms in total. The molecule has 15 heteroatoms. The summed E-state index contributed by atoms with van der Waals surface area (Å²) in [5.74, 6) is -3.77. The molecule has 5 atom stereocenters. The second-order valence-electron chi connectivity index (χ2n) is 7.15. The topological polar surface area (TPSA) is 179 Å². The van der Waals surface area contributed by atoms with Gasteiger partial charge in [-0.3, -0.25) is 28.5 Å². The molecule has 1 amide bonds. The normalized spacial score (nSPS) is 24.5. The van der Waals surface area contributed by atoms with Crippen LogP contribution >= 0.6 is 7.60 Å². The van der Waals surface area contributed by atoms with Gasteiger partial charge < -0.3 is 38.0 Å². The molecule has 1 heterocycles. The fourth-order valence-corrected chi connectivity index (χ4v) is 4.06. The van der Waals surface area contributed by atoms with Crippen molar-refractivity contribution >= 4 is 37.4 Å². The molecule has 1 aliphatic heterocycles. The molecule has 0 bridgehead atoms. The largest absolute Gasteiger partial charge is 0.463 e. The van der Waals surface area contributed by atoms with Crippen molar-refractivity contribution in [2.24, 2.45) is 0 Å². The van der Waals surface area contributed by atoms with E-state index in [1.54, 1.807) is 0 Å². The minimum atomic E-state index is -3.50. The van der Waals surface area contributed by atoms with Crippen LogP contribution in [0.5, 0.6) is 0 Å². The third-order valence-electron chi connectivity index (χ3n) is 4.48. The molecule has 1 rings (SSSR count). The van der Waals surface area contributed by atoms with E-state index in [9.17, 15) is 28.5 Å². The summed E-state index contributed by atoms with van der Waals surface area (Å²) in [7, 11) is -1.18. The average molecular weight is 511 g/mol. The van der Waals surface area contributed by atoms with Crippen LogP contribution in [0.15, 0.2) is 0 Å². The first-order valence-electron chi connectivity index (χ1n) is 10.1. The summed E-state index contributed by atoms with van der Waals surface area (Å²) in [4.78, 5) is 59.2. The summed E-state index contributed by atoms with van der Waals surface area (Å²) in [6.07, 6.45) is -6.10. The molecule has 1 N–H and O–H groups in total. The van der Waals surface area contributed by atoms with E-state index < -0.39 is 74.6 Å². The molecule has 34 heavy (non-hydrogen) atoms. The third-order valence-corrected chi connectivity index (χ3v) is 6.36. The van der Waals surface area contributed by atoms with Gasteiger partial charge in [0, 0.05) is 48.3 Å². The van der Waals surface area contributed by atoms with Gasteiger partial charge in [-0.2, -0.15) is 0 Å². The van der Waals surface area contributed by atoms with Crippen LogP contribution in [0.4, 0.5) is 0 Å². The molecule has 0 unspecified atom stereocenters. The van der Waals surface area contributed by atoms with E-state index in [-0.39, 0.29) is 12.6 Å². The lowest BCUT2D eigenvalue weighted by atomic mass is 9.96. The first-order chi connectivity index (χ1) is 15.8. The van der Waals surface area contributed by atoms with E-state index in [0.717, 1.165) is 41.9 Å². The highest BCUT2D eigenvalue weighted by molar-refractivity contribution is 7.53. The third kappa shape index (κ3) is 9.37. The Bertz CT molecular complexity index is 808. The van der Waals surface area contributed by atoms with Crippen LogP contribution < -0.4 is 5.32 Å². The van der Waals surface area contributed by atoms with Crippen LogP contribution in [-0.4, -0.2) is 87.4 Å². The van der Waals surface area contributed by atoms with Crippen LogP contribution in [0.2, 0.25) is 0 Å². The Labute approximate surface area is 196 Å². The van der Waals surface area contributed by atoms with Crippen molar-refractivity contribution in [2.45, 2.75) is 64.8 Å². The Balaban J connectivity index is 3.28. The molecule has 0 aromatic rings. The molecule has 0 radical (unpaired) electrons. The van der Waals surface area contributed by atoms with Crippen molar-refractivity contribution < 1.29 is 61.3 Å². The van der Waals surface area contributed by atoms with E-state index in [0.29, 0.717) is 0 Å². The lowest BCUT2D eigenvalue weighted by Crippen LogP contribution is -2.67. The average Bonchev–Trinajstić information content (AvgIpc) is 2.73. The number of hydrogen-bond donors (Lipinski definition) is 1. The predicted molar refractivity (Wildman–Crippen MR) is 111 cm³/mol. The van der Waals surface area contributed by atoms with Crippen molar-refractivity contribution in [1.82, 2.24) is 5.32 Å². The first kappa shape index (κ1) is 29.5. The van der Waals surface area contributed by atoms with E-state index in [4.69, 9.17) is 32.7 Å². The van der Waals surface area contributed by atoms with Gasteiger partial charge in [0.2, 0.25) is 12.2 Å². The molecule has 0 aliphatic carbocycles. The van der Waals surface area contributed by atoms with Gasteiger partial charge in [0.15, 0.2) is 12.2 Å². The van der Waals surface area contributed by atoms with Gasteiger partial charge in [-0.15, -0.1) is 0 Å². The van der Waals surface area contributed by atoms with Gasteiger partial charge in [0.1, 0.15) is 18.8 Å². The summed E-state index contributed by atoms with van der Waals surface area (Å²) in [5, 5.41) is 2.49. The second kappa shape index (κ2) is 13.4. The maximum atomic E-state index is 12.6. The predicted octanol–water partition coefficient (Wildman–Crippen LogP) is 0.0617. The maximum absolute atomic E-state index is 12.6. The molecule has 0 aromatic carbocycles. The lowest BCUT2D eigenvalue weighted by molar-refractivity contribution is -0.271. The number of hydrogen-bond acceptors (Lipinski definition) is 13. The summed E-state index contributed by atoms with van der Waals surface area (Å²) in [5.41, 5.74) is 0. The van der Waals surface area contributed by atoms with Crippen LogP contribution in [0, 0.1) is 0 Å². The standard InChI is InChI=1S/C19H30NO13P/c1-10(21)29-9-14-17(30-11(2)22)18(31-12(3)23)16(19(33-14)32-13(4)24)20-15(25)7-8-34(26,27-5)28-6/h14,16-19H,7-9H2,1-6H3,(H,20,25)/t14-,16-,17-,18-,19-/m1/s1. The zero-order chi connectivity index (χ0) is 26.1. The number of esters is 4. The van der Waals surface area contributed by atoms with Crippen molar-refractivity contribution in [3.05, 3.63) is 0 Å². The van der Waals surface area contributed by atoms with E-state index in [1.165, 1.54) is 0 Å². The van der Waals surface area contributed by atoms with Gasteiger partial charge in [-0.1, -0.05) is 0 Å². The first-order valence-corrected chi connectivity index (χ1v) is 11.8. The molecular weight excluding hydrogens is 481 g/mol. The fraction of sp³-hybridized carbons (Fsp3) is 0.737. The van der Waals surface area contributed by atoms with Crippen molar-refractivity contribution in [3.63, 3.8) is 0 Å². The summed E-state index contributed by atoms with van der Waals surface area (Å²) >= 11 is 0. The molecule has 0 aromatic heterocycles. The smallest absolute Gasteiger partial charge is 0.330 e. The number of rotatable bonds is 11. The van der Waals surface area contributed by atoms with Crippen molar-refractivity contribution in [3.8, 4) is 0 Å². The maximum Gasteiger partial charge on any atom is 0.330 e. The van der Waals surface area contributed by atoms with Crippen LogP contribution in [0.3, 0.4) is 0 Å². The Hall–Kier alpha value is -2.54. The number of ether oxygens (including phenoxy) is 5. The monoisotopic (exact) mass is 511 g/mol. The SMILES string of the molecule is COP(=O)(CCC(=O)N[C@H]1[C@H](OC(C)=O)O[C@H](COC(C)=O)[C@@H](OC(C)=O)[C@@H]1OC(C)=O)OC. The summed E-state index contributed by atoms with van der Waals surface area (Å²) in [6.45, 7) is 3.95. The van der Waals surface area contributed by atoms with E-state index >= 15 is 0 Å². The number of carbonyl (C=O) groups is 5. The van der Waals surface area contributed by atoms with Crippen LogP contribution in [-0.2, 0) is 61.3 Å². The second-order valence-corrected chi connectivity index (χ2v) is 9.55. The van der Waals surface area contributed by atoms with Crippen LogP contribution in [0.25, 0.3) is 0 Å². The Kier molecular flexibility index (Phi) is 11.6. The Morgan fingerprint density at radius 1 is 0.824 bits per heavy atom. The highest BCUT2D eigenvalue weighted by atomic mass is 31.2. The van der Waals surface area contributed by atoms with E-state index in [2.05, 4.69) is 5.32 Å². The molecule has 0 saturated carbocycles. The molecule has 1 fully saturated rings. The summed E-state index contributed by atoms with van der Waals surface area (Å²) in [6, 6.07) is -1.34. The van der Waals surface area contributed by atoms with Gasteiger partial charge in [-0.05, 0) is 0 Å². The molecule has 1 aliphatic rings. The highest BCUT2D eigenvalue weighted by Gasteiger charge is 2.52. The summed E-state index contributed by atoms with van der Waals surface area (Å²) < 4.78 is 48.1. The minimum Gasteiger partial charge on any atom is -0.463 e. The van der Waals surface area contributed by atoms with Crippen molar-refractivity contribution in [1.29, 1.82) is 0 Å². The van der Waals surface area contributed by atoms with Crippen molar-refractivity contribution in [2.75, 3.05) is 27.0 Å². The molecule has 194 valence electrons. The van der Waals surface area contributed by atoms with Gasteiger partial charge >= 0.3 is 31.5 Å².